The molecule has 0 saturated carbocycles. The SMILES string of the molecule is Cc1cccc2c1C(=O)C1=C(O)[C@]3(O[Si](C)(C)C(C)(C)C)C(=O)c4c(OCc5ccccc5)noc4[C@@H](N(C)C)[C@@H]3[C@@H](N[Si](c3ccccc3)(c3ccccc3)C(C)(C)C)[C@@H]1[C@H]2C. The van der Waals surface area contributed by atoms with Gasteiger partial charge in [0.05, 0.1) is 6.04 Å². The molecule has 0 spiro atoms. The second-order valence-corrected chi connectivity index (χ2v) is 29.9. The normalized spacial score (nSPS) is 23.9. The lowest BCUT2D eigenvalue weighted by atomic mass is 9.54. The maximum Gasteiger partial charge on any atom is 0.265 e. The van der Waals surface area contributed by atoms with Crippen LogP contribution >= 0.6 is 0 Å². The van der Waals surface area contributed by atoms with Gasteiger partial charge < -0.3 is 23.8 Å². The lowest BCUT2D eigenvalue weighted by Gasteiger charge is -2.61. The van der Waals surface area contributed by atoms with Crippen LogP contribution in [0.4, 0.5) is 0 Å². The molecular weight excluding hydrogens is 819 g/mol. The quantitative estimate of drug-likeness (QED) is 0.132. The van der Waals surface area contributed by atoms with Gasteiger partial charge in [0, 0.05) is 29.0 Å². The number of aryl methyl sites for hydroxylation is 1. The van der Waals surface area contributed by atoms with Gasteiger partial charge in [-0.15, -0.1) is 0 Å². The summed E-state index contributed by atoms with van der Waals surface area (Å²) in [5.41, 5.74) is 1.51. The minimum atomic E-state index is -3.23. The molecular formula is C52H63N3O6Si2. The number of nitrogens with one attached hydrogen (secondary N) is 1. The molecule has 6 atom stereocenters. The number of aliphatic hydroxyl groups excluding tert-OH is 1. The summed E-state index contributed by atoms with van der Waals surface area (Å²) in [7, 11) is -2.32. The molecule has 5 aromatic rings. The first-order valence-corrected chi connectivity index (χ1v) is 27.1. The van der Waals surface area contributed by atoms with E-state index in [0.29, 0.717) is 11.3 Å². The van der Waals surface area contributed by atoms with Gasteiger partial charge in [-0.2, -0.15) is 0 Å². The molecule has 0 unspecified atom stereocenters. The molecule has 1 aromatic heterocycles. The van der Waals surface area contributed by atoms with E-state index in [1.165, 1.54) is 0 Å². The average molecular weight is 882 g/mol. The molecule has 11 heteroatoms. The van der Waals surface area contributed by atoms with E-state index in [4.69, 9.17) is 13.7 Å². The molecule has 63 heavy (non-hydrogen) atoms. The number of aromatic nitrogens is 1. The number of aliphatic hydroxyl groups is 1. The lowest BCUT2D eigenvalue weighted by Crippen LogP contribution is -2.80. The number of ether oxygens (including phenoxy) is 1. The molecule has 0 fully saturated rings. The molecule has 8 rings (SSSR count). The zero-order valence-corrected chi connectivity index (χ0v) is 40.9. The van der Waals surface area contributed by atoms with Crippen molar-refractivity contribution in [1.82, 2.24) is 15.0 Å². The van der Waals surface area contributed by atoms with Crippen LogP contribution < -0.4 is 20.1 Å². The van der Waals surface area contributed by atoms with Gasteiger partial charge in [-0.05, 0) is 82.3 Å². The zero-order chi connectivity index (χ0) is 45.4. The second-order valence-electron chi connectivity index (χ2n) is 20.7. The molecule has 0 saturated heterocycles. The second kappa shape index (κ2) is 16.0. The fourth-order valence-electron chi connectivity index (χ4n) is 10.7. The third-order valence-corrected chi connectivity index (χ3v) is 24.6. The van der Waals surface area contributed by atoms with Gasteiger partial charge in [-0.1, -0.05) is 158 Å². The van der Waals surface area contributed by atoms with Gasteiger partial charge in [0.2, 0.25) is 5.78 Å². The summed E-state index contributed by atoms with van der Waals surface area (Å²) >= 11 is 0. The Balaban J connectivity index is 1.50. The third-order valence-electron chi connectivity index (χ3n) is 14.8. The van der Waals surface area contributed by atoms with E-state index in [-0.39, 0.29) is 46.1 Å². The molecule has 0 radical (unpaired) electrons. The van der Waals surface area contributed by atoms with Gasteiger partial charge in [0.15, 0.2) is 33.7 Å². The van der Waals surface area contributed by atoms with Crippen LogP contribution in [-0.2, 0) is 11.0 Å². The number of hydrogen-bond acceptors (Lipinski definition) is 9. The number of rotatable bonds is 10. The molecule has 3 aliphatic carbocycles. The number of benzene rings is 4. The highest BCUT2D eigenvalue weighted by atomic mass is 28.4. The van der Waals surface area contributed by atoms with Gasteiger partial charge in [0.1, 0.15) is 17.9 Å². The van der Waals surface area contributed by atoms with Crippen molar-refractivity contribution in [3.05, 3.63) is 154 Å². The van der Waals surface area contributed by atoms with Gasteiger partial charge >= 0.3 is 0 Å². The fourth-order valence-corrected chi connectivity index (χ4v) is 17.3. The van der Waals surface area contributed by atoms with Crippen LogP contribution in [0, 0.1) is 18.8 Å². The minimum absolute atomic E-state index is 0.0308. The van der Waals surface area contributed by atoms with Crippen LogP contribution in [0.25, 0.3) is 0 Å². The first-order valence-electron chi connectivity index (χ1n) is 22.2. The van der Waals surface area contributed by atoms with Crippen molar-refractivity contribution in [3.63, 3.8) is 0 Å². The van der Waals surface area contributed by atoms with E-state index in [1.807, 2.05) is 81.7 Å². The predicted octanol–water partition coefficient (Wildman–Crippen LogP) is 9.70. The minimum Gasteiger partial charge on any atom is -0.508 e. The summed E-state index contributed by atoms with van der Waals surface area (Å²) in [6.07, 6.45) is 0. The van der Waals surface area contributed by atoms with Crippen molar-refractivity contribution >= 4 is 38.5 Å². The molecule has 0 amide bonds. The molecule has 3 aliphatic rings. The van der Waals surface area contributed by atoms with Crippen molar-refractivity contribution in [3.8, 4) is 5.88 Å². The first kappa shape index (κ1) is 44.7. The van der Waals surface area contributed by atoms with E-state index in [9.17, 15) is 5.11 Å². The van der Waals surface area contributed by atoms with Gasteiger partial charge in [-0.25, -0.2) is 0 Å². The lowest BCUT2D eigenvalue weighted by molar-refractivity contribution is -0.0609. The molecule has 330 valence electrons. The van der Waals surface area contributed by atoms with Crippen molar-refractivity contribution in [2.75, 3.05) is 14.1 Å². The number of fused-ring (bicyclic) bond motifs is 4. The monoisotopic (exact) mass is 881 g/mol. The van der Waals surface area contributed by atoms with Gasteiger partial charge in [0.25, 0.3) is 5.88 Å². The number of Topliss-reactive ketones (excluding diaryl/α,β-unsaturated/α-hetero) is 2. The third kappa shape index (κ3) is 6.93. The highest BCUT2D eigenvalue weighted by molar-refractivity contribution is 7.02. The summed E-state index contributed by atoms with van der Waals surface area (Å²) in [6.45, 7) is 21.7. The summed E-state index contributed by atoms with van der Waals surface area (Å²) in [6, 6.07) is 35.7. The summed E-state index contributed by atoms with van der Waals surface area (Å²) in [4.78, 5) is 38.6. The number of nitrogens with zero attached hydrogens (tertiary/aromatic N) is 2. The van der Waals surface area contributed by atoms with Crippen LogP contribution in [0.5, 0.6) is 5.88 Å². The standard InChI is InChI=1S/C52H63N3O6Si2/c1-32-23-22-30-37-33(2)39-40(45(56)38(32)37)47(57)52(61-62(11,12)50(3,4)5)42(43(39)54-63(51(6,7)8,35-26-18-14-19-27-35)36-28-20-15-21-29-36)44(55(9)10)46-41(48(52)58)49(53-60-46)59-31-34-24-16-13-17-25-34/h13-30,33,39,42-44,54,57H,31H2,1-12H3/t33-,39+,42-,43-,44-,52-/m0/s1. The van der Waals surface area contributed by atoms with Crippen LogP contribution in [-0.4, -0.2) is 69.0 Å². The number of carbonyl (C=O) groups is 2. The zero-order valence-electron chi connectivity index (χ0n) is 38.9. The van der Waals surface area contributed by atoms with E-state index in [1.54, 1.807) is 0 Å². The number of ketones is 2. The Hall–Kier alpha value is -4.92. The molecule has 9 nitrogen and oxygen atoms in total. The Labute approximate surface area is 375 Å². The van der Waals surface area contributed by atoms with Crippen molar-refractivity contribution in [1.29, 1.82) is 0 Å². The predicted molar refractivity (Wildman–Crippen MR) is 254 cm³/mol. The Kier molecular flexibility index (Phi) is 11.3. The smallest absolute Gasteiger partial charge is 0.265 e. The van der Waals surface area contributed by atoms with E-state index < -0.39 is 56.9 Å². The van der Waals surface area contributed by atoms with Gasteiger partial charge in [-0.3, -0.25) is 14.5 Å². The maximum absolute atomic E-state index is 16.4. The average Bonchev–Trinajstić information content (AvgIpc) is 3.66. The topological polar surface area (TPSA) is 114 Å². The fraction of sp³-hybridized carbons (Fsp3) is 0.404. The summed E-state index contributed by atoms with van der Waals surface area (Å²) in [5, 5.41) is 19.7. The molecule has 1 heterocycles. The Morgan fingerprint density at radius 3 is 1.92 bits per heavy atom. The Morgan fingerprint density at radius 1 is 0.810 bits per heavy atom. The highest BCUT2D eigenvalue weighted by Crippen LogP contribution is 2.61. The van der Waals surface area contributed by atoms with Crippen LogP contribution in [0.2, 0.25) is 23.2 Å². The van der Waals surface area contributed by atoms with Crippen molar-refractivity contribution in [2.45, 2.75) is 109 Å². The molecule has 2 N–H and O–H groups in total. The molecule has 4 aromatic carbocycles. The Morgan fingerprint density at radius 2 is 1.38 bits per heavy atom. The highest BCUT2D eigenvalue weighted by Gasteiger charge is 2.71. The van der Waals surface area contributed by atoms with E-state index in [0.717, 1.165) is 27.1 Å². The Bertz CT molecular complexity index is 2520. The molecule has 0 aliphatic heterocycles. The first-order chi connectivity index (χ1) is 29.7. The summed E-state index contributed by atoms with van der Waals surface area (Å²) in [5.74, 6) is -2.38. The van der Waals surface area contributed by atoms with Crippen LogP contribution in [0.15, 0.2) is 125 Å². The van der Waals surface area contributed by atoms with Crippen LogP contribution in [0.3, 0.4) is 0 Å². The number of carbonyl (C=O) groups excluding carboxylic acids is 2. The van der Waals surface area contributed by atoms with E-state index in [2.05, 4.69) is 125 Å². The largest absolute Gasteiger partial charge is 0.508 e. The van der Waals surface area contributed by atoms with Crippen molar-refractivity contribution in [2.24, 2.45) is 11.8 Å². The number of hydrogen-bond donors (Lipinski definition) is 2. The molecule has 0 bridgehead atoms. The van der Waals surface area contributed by atoms with Crippen LogP contribution in [0.1, 0.15) is 104 Å². The van der Waals surface area contributed by atoms with Crippen molar-refractivity contribution < 1.29 is 28.4 Å². The summed E-state index contributed by atoms with van der Waals surface area (Å²) < 4.78 is 20.5. The maximum atomic E-state index is 16.4. The van der Waals surface area contributed by atoms with E-state index >= 15 is 9.59 Å².